The molecule has 0 saturated carbocycles. The zero-order valence-electron chi connectivity index (χ0n) is 9.82. The SMILES string of the molecule is CC(O)CCCNc1cc(F)cc(F)c1[N+](=O)[O-]. The number of nitrogens with one attached hydrogen (secondary N) is 1. The Balaban J connectivity index is 2.77. The first kappa shape index (κ1) is 14.3. The number of halogens is 2. The van der Waals surface area contributed by atoms with Gasteiger partial charge in [-0.2, -0.15) is 4.39 Å². The molecule has 1 atom stereocenters. The number of nitro benzene ring substituents is 1. The summed E-state index contributed by atoms with van der Waals surface area (Å²) < 4.78 is 26.2. The van der Waals surface area contributed by atoms with Gasteiger partial charge in [0.25, 0.3) is 0 Å². The average Bonchev–Trinajstić information content (AvgIpc) is 2.22. The summed E-state index contributed by atoms with van der Waals surface area (Å²) in [7, 11) is 0. The van der Waals surface area contributed by atoms with Crippen LogP contribution in [0.3, 0.4) is 0 Å². The maximum atomic E-state index is 13.2. The van der Waals surface area contributed by atoms with E-state index in [1.165, 1.54) is 0 Å². The molecule has 0 fully saturated rings. The number of rotatable bonds is 6. The van der Waals surface area contributed by atoms with Crippen LogP contribution in [0.5, 0.6) is 0 Å². The Morgan fingerprint density at radius 2 is 2.17 bits per heavy atom. The summed E-state index contributed by atoms with van der Waals surface area (Å²) in [5, 5.41) is 22.3. The number of nitro groups is 1. The molecule has 1 aromatic rings. The molecule has 1 rings (SSSR count). The molecule has 0 saturated heterocycles. The Bertz CT molecular complexity index is 439. The summed E-state index contributed by atoms with van der Waals surface area (Å²) in [5.74, 6) is -2.09. The molecular weight excluding hydrogens is 246 g/mol. The maximum absolute atomic E-state index is 13.2. The van der Waals surface area contributed by atoms with Gasteiger partial charge in [0.05, 0.1) is 11.0 Å². The van der Waals surface area contributed by atoms with Gasteiger partial charge >= 0.3 is 5.69 Å². The van der Waals surface area contributed by atoms with Crippen molar-refractivity contribution in [1.82, 2.24) is 0 Å². The van der Waals surface area contributed by atoms with E-state index in [-0.39, 0.29) is 12.2 Å². The first-order chi connectivity index (χ1) is 8.41. The lowest BCUT2D eigenvalue weighted by molar-refractivity contribution is -0.386. The Labute approximate surface area is 103 Å². The number of nitrogens with zero attached hydrogens (tertiary/aromatic N) is 1. The van der Waals surface area contributed by atoms with Crippen molar-refractivity contribution in [2.24, 2.45) is 0 Å². The standard InChI is InChI=1S/C11H14F2N2O3/c1-7(16)3-2-4-14-10-6-8(12)5-9(13)11(10)15(17)18/h5-7,14,16H,2-4H2,1H3. The number of hydrogen-bond donors (Lipinski definition) is 2. The molecule has 0 aliphatic rings. The topological polar surface area (TPSA) is 75.4 Å². The lowest BCUT2D eigenvalue weighted by atomic mass is 10.2. The zero-order valence-corrected chi connectivity index (χ0v) is 9.82. The lowest BCUT2D eigenvalue weighted by Crippen LogP contribution is -2.09. The summed E-state index contributed by atoms with van der Waals surface area (Å²) in [6.45, 7) is 1.90. The highest BCUT2D eigenvalue weighted by Crippen LogP contribution is 2.28. The van der Waals surface area contributed by atoms with E-state index in [4.69, 9.17) is 5.11 Å². The third-order valence-corrected chi connectivity index (χ3v) is 2.32. The van der Waals surface area contributed by atoms with E-state index in [1.54, 1.807) is 6.92 Å². The van der Waals surface area contributed by atoms with Crippen molar-refractivity contribution in [3.8, 4) is 0 Å². The fourth-order valence-electron chi connectivity index (χ4n) is 1.51. The Kier molecular flexibility index (Phi) is 4.96. The molecule has 0 aromatic heterocycles. The van der Waals surface area contributed by atoms with Crippen molar-refractivity contribution in [3.63, 3.8) is 0 Å². The number of hydrogen-bond acceptors (Lipinski definition) is 4. The van der Waals surface area contributed by atoms with Gasteiger partial charge in [0.2, 0.25) is 5.82 Å². The Morgan fingerprint density at radius 1 is 1.50 bits per heavy atom. The fraction of sp³-hybridized carbons (Fsp3) is 0.455. The van der Waals surface area contributed by atoms with Crippen molar-refractivity contribution in [2.75, 3.05) is 11.9 Å². The van der Waals surface area contributed by atoms with Gasteiger partial charge in [0.1, 0.15) is 11.5 Å². The van der Waals surface area contributed by atoms with Gasteiger partial charge in [-0.1, -0.05) is 0 Å². The molecule has 2 N–H and O–H groups in total. The summed E-state index contributed by atoms with van der Waals surface area (Å²) in [4.78, 5) is 9.76. The molecular formula is C11H14F2N2O3. The summed E-state index contributed by atoms with van der Waals surface area (Å²) in [6, 6.07) is 1.35. The fourth-order valence-corrected chi connectivity index (χ4v) is 1.51. The van der Waals surface area contributed by atoms with Crippen molar-refractivity contribution in [2.45, 2.75) is 25.9 Å². The highest BCUT2D eigenvalue weighted by molar-refractivity contribution is 5.62. The molecule has 0 heterocycles. The maximum Gasteiger partial charge on any atom is 0.327 e. The van der Waals surface area contributed by atoms with Crippen LogP contribution in [-0.4, -0.2) is 22.7 Å². The second-order valence-electron chi connectivity index (χ2n) is 3.96. The minimum Gasteiger partial charge on any atom is -0.393 e. The zero-order chi connectivity index (χ0) is 13.7. The Morgan fingerprint density at radius 3 is 2.72 bits per heavy atom. The van der Waals surface area contributed by atoms with E-state index in [1.807, 2.05) is 0 Å². The predicted octanol–water partition coefficient (Wildman–Crippen LogP) is 2.45. The van der Waals surface area contributed by atoms with Crippen molar-refractivity contribution in [3.05, 3.63) is 33.9 Å². The minimum absolute atomic E-state index is 0.192. The van der Waals surface area contributed by atoms with Crippen LogP contribution in [-0.2, 0) is 0 Å². The first-order valence-electron chi connectivity index (χ1n) is 5.47. The van der Waals surface area contributed by atoms with Crippen LogP contribution in [0.15, 0.2) is 12.1 Å². The van der Waals surface area contributed by atoms with Gasteiger partial charge in [0, 0.05) is 18.7 Å². The van der Waals surface area contributed by atoms with Gasteiger partial charge < -0.3 is 10.4 Å². The number of aliphatic hydroxyl groups excluding tert-OH is 1. The normalized spacial score (nSPS) is 12.2. The van der Waals surface area contributed by atoms with E-state index < -0.39 is 28.3 Å². The second kappa shape index (κ2) is 6.25. The van der Waals surface area contributed by atoms with Crippen LogP contribution < -0.4 is 5.32 Å². The predicted molar refractivity (Wildman–Crippen MR) is 62.4 cm³/mol. The van der Waals surface area contributed by atoms with Crippen LogP contribution >= 0.6 is 0 Å². The van der Waals surface area contributed by atoms with Crippen molar-refractivity contribution >= 4 is 11.4 Å². The molecule has 0 aliphatic heterocycles. The summed E-state index contributed by atoms with van der Waals surface area (Å²) in [5.41, 5.74) is -0.962. The quantitative estimate of drug-likeness (QED) is 0.468. The van der Waals surface area contributed by atoms with Crippen LogP contribution in [0.4, 0.5) is 20.2 Å². The molecule has 1 unspecified atom stereocenters. The number of anilines is 1. The van der Waals surface area contributed by atoms with E-state index in [9.17, 15) is 18.9 Å². The molecule has 0 amide bonds. The summed E-state index contributed by atoms with van der Waals surface area (Å²) >= 11 is 0. The molecule has 100 valence electrons. The largest absolute Gasteiger partial charge is 0.393 e. The van der Waals surface area contributed by atoms with Gasteiger partial charge in [-0.05, 0) is 19.8 Å². The van der Waals surface area contributed by atoms with E-state index in [2.05, 4.69) is 5.32 Å². The van der Waals surface area contributed by atoms with Crippen LogP contribution in [0, 0.1) is 21.7 Å². The highest BCUT2D eigenvalue weighted by Gasteiger charge is 2.21. The molecule has 7 heteroatoms. The number of benzene rings is 1. The van der Waals surface area contributed by atoms with E-state index >= 15 is 0 Å². The molecule has 0 radical (unpaired) electrons. The van der Waals surface area contributed by atoms with Gasteiger partial charge in [0.15, 0.2) is 0 Å². The molecule has 0 spiro atoms. The first-order valence-corrected chi connectivity index (χ1v) is 5.47. The molecule has 0 aliphatic carbocycles. The minimum atomic E-state index is -1.21. The Hall–Kier alpha value is -1.76. The average molecular weight is 260 g/mol. The number of aliphatic hydroxyl groups is 1. The third kappa shape index (κ3) is 3.92. The lowest BCUT2D eigenvalue weighted by Gasteiger charge is -2.08. The molecule has 1 aromatic carbocycles. The van der Waals surface area contributed by atoms with Gasteiger partial charge in [-0.3, -0.25) is 10.1 Å². The van der Waals surface area contributed by atoms with E-state index in [0.29, 0.717) is 18.9 Å². The summed E-state index contributed by atoms with van der Waals surface area (Å²) in [6.07, 6.45) is 0.553. The van der Waals surface area contributed by atoms with Gasteiger partial charge in [-0.25, -0.2) is 4.39 Å². The second-order valence-corrected chi connectivity index (χ2v) is 3.96. The third-order valence-electron chi connectivity index (χ3n) is 2.32. The van der Waals surface area contributed by atoms with Crippen LogP contribution in [0.25, 0.3) is 0 Å². The van der Waals surface area contributed by atoms with Gasteiger partial charge in [-0.15, -0.1) is 0 Å². The van der Waals surface area contributed by atoms with Crippen LogP contribution in [0.1, 0.15) is 19.8 Å². The molecule has 0 bridgehead atoms. The van der Waals surface area contributed by atoms with Crippen molar-refractivity contribution < 1.29 is 18.8 Å². The molecule has 18 heavy (non-hydrogen) atoms. The highest BCUT2D eigenvalue weighted by atomic mass is 19.1. The van der Waals surface area contributed by atoms with Crippen LogP contribution in [0.2, 0.25) is 0 Å². The monoisotopic (exact) mass is 260 g/mol. The molecule has 5 nitrogen and oxygen atoms in total. The smallest absolute Gasteiger partial charge is 0.327 e. The van der Waals surface area contributed by atoms with E-state index in [0.717, 1.165) is 6.07 Å². The van der Waals surface area contributed by atoms with Crippen molar-refractivity contribution in [1.29, 1.82) is 0 Å².